The van der Waals surface area contributed by atoms with Crippen LogP contribution in [0, 0.1) is 13.8 Å². The van der Waals surface area contributed by atoms with E-state index in [1.165, 1.54) is 0 Å². The van der Waals surface area contributed by atoms with E-state index in [-0.39, 0.29) is 0 Å². The van der Waals surface area contributed by atoms with E-state index >= 15 is 0 Å². The first-order valence-electron chi connectivity index (χ1n) is 6.96. The zero-order chi connectivity index (χ0) is 14.8. The highest BCUT2D eigenvalue weighted by molar-refractivity contribution is 5.78. The van der Waals surface area contributed by atoms with Crippen molar-refractivity contribution in [3.8, 4) is 5.75 Å². The number of anilines is 1. The van der Waals surface area contributed by atoms with Crippen LogP contribution in [0.4, 0.5) is 5.69 Å². The normalized spacial score (nSPS) is 10.8. The molecule has 3 aromatic rings. The minimum atomic E-state index is 0.522. The van der Waals surface area contributed by atoms with E-state index in [9.17, 15) is 0 Å². The Morgan fingerprint density at radius 2 is 1.90 bits per heavy atom. The summed E-state index contributed by atoms with van der Waals surface area (Å²) in [6.07, 6.45) is 1.80. The Balaban J connectivity index is 1.81. The Labute approximate surface area is 124 Å². The number of rotatable bonds is 3. The molecule has 1 heterocycles. The number of nitrogens with zero attached hydrogens (tertiary/aromatic N) is 1. The SMILES string of the molecule is Cc1cc(C)c(OCc2ccc3ncccc3c2)cc1N. The third-order valence-electron chi connectivity index (χ3n) is 3.63. The quantitative estimate of drug-likeness (QED) is 0.736. The summed E-state index contributed by atoms with van der Waals surface area (Å²) < 4.78 is 5.91. The lowest BCUT2D eigenvalue weighted by Gasteiger charge is -2.12. The minimum absolute atomic E-state index is 0.522. The van der Waals surface area contributed by atoms with Gasteiger partial charge in [-0.3, -0.25) is 4.98 Å². The molecule has 0 aliphatic heterocycles. The van der Waals surface area contributed by atoms with Crippen LogP contribution in [0.2, 0.25) is 0 Å². The van der Waals surface area contributed by atoms with Crippen LogP contribution in [-0.2, 0) is 6.61 Å². The highest BCUT2D eigenvalue weighted by Crippen LogP contribution is 2.25. The summed E-state index contributed by atoms with van der Waals surface area (Å²) in [5.41, 5.74) is 11.0. The molecule has 0 radical (unpaired) electrons. The van der Waals surface area contributed by atoms with Crippen LogP contribution in [0.25, 0.3) is 10.9 Å². The zero-order valence-corrected chi connectivity index (χ0v) is 12.3. The third kappa shape index (κ3) is 2.82. The number of nitrogens with two attached hydrogens (primary N) is 1. The molecule has 2 N–H and O–H groups in total. The highest BCUT2D eigenvalue weighted by Gasteiger charge is 2.04. The van der Waals surface area contributed by atoms with Gasteiger partial charge in [0.05, 0.1) is 5.52 Å². The molecule has 0 atom stereocenters. The van der Waals surface area contributed by atoms with Crippen molar-refractivity contribution in [3.05, 3.63) is 65.4 Å². The molecule has 1 aromatic heterocycles. The number of pyridine rings is 1. The lowest BCUT2D eigenvalue weighted by molar-refractivity contribution is 0.304. The van der Waals surface area contributed by atoms with E-state index in [4.69, 9.17) is 10.5 Å². The fourth-order valence-electron chi connectivity index (χ4n) is 2.38. The van der Waals surface area contributed by atoms with Crippen LogP contribution in [0.5, 0.6) is 5.75 Å². The van der Waals surface area contributed by atoms with E-state index in [0.717, 1.165) is 39.0 Å². The molecule has 3 rings (SSSR count). The predicted octanol–water partition coefficient (Wildman–Crippen LogP) is 4.01. The van der Waals surface area contributed by atoms with Crippen molar-refractivity contribution in [3.63, 3.8) is 0 Å². The maximum Gasteiger partial charge on any atom is 0.124 e. The van der Waals surface area contributed by atoms with Gasteiger partial charge in [-0.05, 0) is 48.7 Å². The summed E-state index contributed by atoms with van der Waals surface area (Å²) >= 11 is 0. The number of ether oxygens (including phenoxy) is 1. The second-order valence-corrected chi connectivity index (χ2v) is 5.29. The number of hydrogen-bond donors (Lipinski definition) is 1. The molecule has 0 amide bonds. The summed E-state index contributed by atoms with van der Waals surface area (Å²) in [7, 11) is 0. The van der Waals surface area contributed by atoms with Crippen molar-refractivity contribution < 1.29 is 4.74 Å². The van der Waals surface area contributed by atoms with E-state index in [2.05, 4.69) is 23.2 Å². The second-order valence-electron chi connectivity index (χ2n) is 5.29. The number of hydrogen-bond acceptors (Lipinski definition) is 3. The van der Waals surface area contributed by atoms with Crippen LogP contribution in [-0.4, -0.2) is 4.98 Å². The van der Waals surface area contributed by atoms with Crippen molar-refractivity contribution in [1.29, 1.82) is 0 Å². The lowest BCUT2D eigenvalue weighted by Crippen LogP contribution is -1.99. The first-order chi connectivity index (χ1) is 10.1. The molecular weight excluding hydrogens is 260 g/mol. The Morgan fingerprint density at radius 3 is 2.76 bits per heavy atom. The Hall–Kier alpha value is -2.55. The summed E-state index contributed by atoms with van der Waals surface area (Å²) in [4.78, 5) is 4.32. The largest absolute Gasteiger partial charge is 0.489 e. The number of fused-ring (bicyclic) bond motifs is 1. The second kappa shape index (κ2) is 5.44. The fraction of sp³-hybridized carbons (Fsp3) is 0.167. The van der Waals surface area contributed by atoms with Gasteiger partial charge < -0.3 is 10.5 Å². The molecule has 0 saturated heterocycles. The van der Waals surface area contributed by atoms with Crippen molar-refractivity contribution >= 4 is 16.6 Å². The van der Waals surface area contributed by atoms with Gasteiger partial charge in [-0.15, -0.1) is 0 Å². The minimum Gasteiger partial charge on any atom is -0.489 e. The summed E-state index contributed by atoms with van der Waals surface area (Å²) in [6, 6.07) is 14.1. The van der Waals surface area contributed by atoms with Crippen molar-refractivity contribution in [1.82, 2.24) is 4.98 Å². The van der Waals surface area contributed by atoms with Gasteiger partial charge in [0, 0.05) is 23.3 Å². The van der Waals surface area contributed by atoms with Gasteiger partial charge >= 0.3 is 0 Å². The molecule has 0 bridgehead atoms. The molecule has 0 aliphatic rings. The molecule has 0 unspecified atom stereocenters. The van der Waals surface area contributed by atoms with E-state index < -0.39 is 0 Å². The third-order valence-corrected chi connectivity index (χ3v) is 3.63. The first kappa shape index (κ1) is 13.4. The Kier molecular flexibility index (Phi) is 3.48. The zero-order valence-electron chi connectivity index (χ0n) is 12.3. The van der Waals surface area contributed by atoms with Crippen LogP contribution >= 0.6 is 0 Å². The maximum atomic E-state index is 5.94. The molecule has 3 heteroatoms. The highest BCUT2D eigenvalue weighted by atomic mass is 16.5. The molecule has 0 fully saturated rings. The molecular formula is C18H18N2O. The van der Waals surface area contributed by atoms with Crippen LogP contribution in [0.3, 0.4) is 0 Å². The van der Waals surface area contributed by atoms with E-state index in [1.54, 1.807) is 6.20 Å². The number of aromatic nitrogens is 1. The number of aryl methyl sites for hydroxylation is 2. The molecule has 106 valence electrons. The molecule has 21 heavy (non-hydrogen) atoms. The monoisotopic (exact) mass is 278 g/mol. The van der Waals surface area contributed by atoms with Gasteiger partial charge in [-0.25, -0.2) is 0 Å². The summed E-state index contributed by atoms with van der Waals surface area (Å²) in [6.45, 7) is 4.56. The van der Waals surface area contributed by atoms with Gasteiger partial charge in [0.2, 0.25) is 0 Å². The fourth-order valence-corrected chi connectivity index (χ4v) is 2.38. The van der Waals surface area contributed by atoms with Crippen molar-refractivity contribution in [2.24, 2.45) is 0 Å². The Bertz CT molecular complexity index is 796. The van der Waals surface area contributed by atoms with Crippen molar-refractivity contribution in [2.45, 2.75) is 20.5 Å². The summed E-state index contributed by atoms with van der Waals surface area (Å²) in [5.74, 6) is 0.837. The molecule has 0 saturated carbocycles. The summed E-state index contributed by atoms with van der Waals surface area (Å²) in [5, 5.41) is 1.12. The topological polar surface area (TPSA) is 48.1 Å². The van der Waals surface area contributed by atoms with Crippen LogP contribution in [0.15, 0.2) is 48.7 Å². The molecule has 2 aromatic carbocycles. The smallest absolute Gasteiger partial charge is 0.124 e. The average molecular weight is 278 g/mol. The van der Waals surface area contributed by atoms with Gasteiger partial charge in [0.1, 0.15) is 12.4 Å². The number of benzene rings is 2. The van der Waals surface area contributed by atoms with Gasteiger partial charge in [-0.2, -0.15) is 0 Å². The average Bonchev–Trinajstić information content (AvgIpc) is 2.49. The van der Waals surface area contributed by atoms with E-state index in [0.29, 0.717) is 6.61 Å². The van der Waals surface area contributed by atoms with Crippen molar-refractivity contribution in [2.75, 3.05) is 5.73 Å². The Morgan fingerprint density at radius 1 is 1.05 bits per heavy atom. The number of nitrogen functional groups attached to an aromatic ring is 1. The predicted molar refractivity (Wildman–Crippen MR) is 86.4 cm³/mol. The molecule has 3 nitrogen and oxygen atoms in total. The molecule has 0 spiro atoms. The first-order valence-corrected chi connectivity index (χ1v) is 6.96. The maximum absolute atomic E-state index is 5.94. The van der Waals surface area contributed by atoms with Crippen LogP contribution < -0.4 is 10.5 Å². The van der Waals surface area contributed by atoms with E-state index in [1.807, 2.05) is 38.1 Å². The lowest BCUT2D eigenvalue weighted by atomic mass is 10.1. The van der Waals surface area contributed by atoms with Gasteiger partial charge in [-0.1, -0.05) is 18.2 Å². The van der Waals surface area contributed by atoms with Crippen LogP contribution in [0.1, 0.15) is 16.7 Å². The van der Waals surface area contributed by atoms with Gasteiger partial charge in [0.25, 0.3) is 0 Å². The van der Waals surface area contributed by atoms with Gasteiger partial charge in [0.15, 0.2) is 0 Å². The standard InChI is InChI=1S/C18H18N2O/c1-12-8-13(2)18(10-16(12)19)21-11-14-5-6-17-15(9-14)4-3-7-20-17/h3-10H,11,19H2,1-2H3. The molecule has 0 aliphatic carbocycles.